The van der Waals surface area contributed by atoms with Crippen molar-refractivity contribution in [1.29, 1.82) is 0 Å². The maximum absolute atomic E-state index is 5.72. The van der Waals surface area contributed by atoms with Crippen LogP contribution in [0, 0.1) is 0 Å². The van der Waals surface area contributed by atoms with Crippen molar-refractivity contribution >= 4 is 5.57 Å². The Balaban J connectivity index is 2.24. The zero-order valence-corrected chi connectivity index (χ0v) is 12.8. The lowest BCUT2D eigenvalue weighted by molar-refractivity contribution is 0.287. The topological polar surface area (TPSA) is 18.5 Å². The second kappa shape index (κ2) is 7.98. The number of hydrogen-bond acceptors (Lipinski definition) is 2. The van der Waals surface area contributed by atoms with Gasteiger partial charge in [0.05, 0.1) is 13.2 Å². The third kappa shape index (κ3) is 4.03. The summed E-state index contributed by atoms with van der Waals surface area (Å²) in [4.78, 5) is 0. The summed E-state index contributed by atoms with van der Waals surface area (Å²) in [5.41, 5.74) is 2.76. The van der Waals surface area contributed by atoms with Gasteiger partial charge < -0.3 is 9.47 Å². The molecule has 110 valence electrons. The van der Waals surface area contributed by atoms with Crippen molar-refractivity contribution in [2.45, 2.75) is 52.4 Å². The Morgan fingerprint density at radius 1 is 0.900 bits per heavy atom. The van der Waals surface area contributed by atoms with Gasteiger partial charge in [-0.1, -0.05) is 25.0 Å². The first-order valence-corrected chi connectivity index (χ1v) is 7.94. The zero-order valence-electron chi connectivity index (χ0n) is 12.8. The molecule has 1 aliphatic rings. The largest absolute Gasteiger partial charge is 0.490 e. The van der Waals surface area contributed by atoms with Gasteiger partial charge in [0.15, 0.2) is 11.5 Å². The molecule has 1 aromatic rings. The first-order valence-electron chi connectivity index (χ1n) is 7.94. The van der Waals surface area contributed by atoms with E-state index in [1.54, 1.807) is 0 Å². The predicted octanol–water partition coefficient (Wildman–Crippen LogP) is 5.22. The quantitative estimate of drug-likeness (QED) is 0.732. The average Bonchev–Trinajstić information content (AvgIpc) is 2.41. The van der Waals surface area contributed by atoms with E-state index in [9.17, 15) is 0 Å². The van der Waals surface area contributed by atoms with Gasteiger partial charge in [0.2, 0.25) is 0 Å². The number of rotatable bonds is 5. The fraction of sp³-hybridized carbons (Fsp3) is 0.556. The highest BCUT2D eigenvalue weighted by molar-refractivity contribution is 5.68. The van der Waals surface area contributed by atoms with E-state index in [0.717, 1.165) is 11.5 Å². The Morgan fingerprint density at radius 3 is 2.45 bits per heavy atom. The predicted molar refractivity (Wildman–Crippen MR) is 84.5 cm³/mol. The fourth-order valence-electron chi connectivity index (χ4n) is 2.70. The van der Waals surface area contributed by atoms with E-state index in [1.165, 1.54) is 49.7 Å². The summed E-state index contributed by atoms with van der Waals surface area (Å²) in [6, 6.07) is 6.35. The summed E-state index contributed by atoms with van der Waals surface area (Å²) < 4.78 is 11.4. The Bertz CT molecular complexity index is 449. The second-order valence-electron chi connectivity index (χ2n) is 5.21. The molecular weight excluding hydrogens is 248 g/mol. The number of benzene rings is 1. The van der Waals surface area contributed by atoms with Crippen LogP contribution in [0.3, 0.4) is 0 Å². The van der Waals surface area contributed by atoms with Gasteiger partial charge in [0, 0.05) is 0 Å². The van der Waals surface area contributed by atoms with Gasteiger partial charge in [0.1, 0.15) is 0 Å². The van der Waals surface area contributed by atoms with Crippen molar-refractivity contribution in [2.24, 2.45) is 0 Å². The second-order valence-corrected chi connectivity index (χ2v) is 5.21. The van der Waals surface area contributed by atoms with Crippen LogP contribution in [0.25, 0.3) is 5.57 Å². The SMILES string of the molecule is CCOc1ccc(/C2=C/CCCCCC2)cc1OCC. The van der Waals surface area contributed by atoms with Gasteiger partial charge in [-0.2, -0.15) is 0 Å². The Kier molecular flexibility index (Phi) is 5.97. The third-order valence-corrected chi connectivity index (χ3v) is 3.71. The van der Waals surface area contributed by atoms with E-state index in [0.29, 0.717) is 13.2 Å². The highest BCUT2D eigenvalue weighted by Gasteiger charge is 2.10. The maximum atomic E-state index is 5.72. The number of hydrogen-bond donors (Lipinski definition) is 0. The Hall–Kier alpha value is -1.44. The van der Waals surface area contributed by atoms with Crippen molar-refractivity contribution in [3.05, 3.63) is 29.8 Å². The minimum atomic E-state index is 0.669. The molecule has 2 heteroatoms. The van der Waals surface area contributed by atoms with Gasteiger partial charge in [-0.05, 0) is 62.8 Å². The standard InChI is InChI=1S/C18H26O2/c1-3-19-17-13-12-16(14-18(17)20-4-2)15-10-8-6-5-7-9-11-15/h10,12-14H,3-9,11H2,1-2H3/b15-10+. The summed E-state index contributed by atoms with van der Waals surface area (Å²) in [5, 5.41) is 0. The summed E-state index contributed by atoms with van der Waals surface area (Å²) >= 11 is 0. The van der Waals surface area contributed by atoms with Crippen LogP contribution in [-0.4, -0.2) is 13.2 Å². The van der Waals surface area contributed by atoms with Crippen LogP contribution in [0.5, 0.6) is 11.5 Å². The van der Waals surface area contributed by atoms with Crippen LogP contribution in [0.15, 0.2) is 24.3 Å². The van der Waals surface area contributed by atoms with Crippen LogP contribution in [0.1, 0.15) is 57.9 Å². The summed E-state index contributed by atoms with van der Waals surface area (Å²) in [7, 11) is 0. The van der Waals surface area contributed by atoms with Gasteiger partial charge >= 0.3 is 0 Å². The molecule has 2 nitrogen and oxygen atoms in total. The average molecular weight is 274 g/mol. The van der Waals surface area contributed by atoms with E-state index in [-0.39, 0.29) is 0 Å². The fourth-order valence-corrected chi connectivity index (χ4v) is 2.70. The molecular formula is C18H26O2. The van der Waals surface area contributed by atoms with Gasteiger partial charge in [-0.25, -0.2) is 0 Å². The molecule has 0 heterocycles. The highest BCUT2D eigenvalue weighted by atomic mass is 16.5. The molecule has 0 saturated carbocycles. The van der Waals surface area contributed by atoms with E-state index >= 15 is 0 Å². The van der Waals surface area contributed by atoms with Crippen LogP contribution in [-0.2, 0) is 0 Å². The highest BCUT2D eigenvalue weighted by Crippen LogP contribution is 2.33. The molecule has 0 saturated heterocycles. The van der Waals surface area contributed by atoms with Crippen LogP contribution in [0.2, 0.25) is 0 Å². The van der Waals surface area contributed by atoms with Crippen LogP contribution < -0.4 is 9.47 Å². The molecule has 0 spiro atoms. The molecule has 20 heavy (non-hydrogen) atoms. The first-order chi connectivity index (χ1) is 9.85. The third-order valence-electron chi connectivity index (χ3n) is 3.71. The molecule has 2 rings (SSSR count). The van der Waals surface area contributed by atoms with Crippen LogP contribution in [0.4, 0.5) is 0 Å². The van der Waals surface area contributed by atoms with Crippen molar-refractivity contribution in [3.63, 3.8) is 0 Å². The molecule has 1 aromatic carbocycles. The van der Waals surface area contributed by atoms with Gasteiger partial charge in [-0.15, -0.1) is 0 Å². The van der Waals surface area contributed by atoms with Crippen molar-refractivity contribution in [3.8, 4) is 11.5 Å². The smallest absolute Gasteiger partial charge is 0.161 e. The summed E-state index contributed by atoms with van der Waals surface area (Å²) in [5.74, 6) is 1.72. The molecule has 0 amide bonds. The normalized spacial score (nSPS) is 18.6. The lowest BCUT2D eigenvalue weighted by Gasteiger charge is -2.15. The van der Waals surface area contributed by atoms with E-state index in [1.807, 2.05) is 19.9 Å². The van der Waals surface area contributed by atoms with Crippen molar-refractivity contribution < 1.29 is 9.47 Å². The van der Waals surface area contributed by atoms with E-state index in [4.69, 9.17) is 9.47 Å². The lowest BCUT2D eigenvalue weighted by atomic mass is 9.94. The minimum absolute atomic E-state index is 0.669. The van der Waals surface area contributed by atoms with Crippen molar-refractivity contribution in [1.82, 2.24) is 0 Å². The first kappa shape index (κ1) is 15.0. The molecule has 0 radical (unpaired) electrons. The molecule has 0 atom stereocenters. The number of ether oxygens (including phenoxy) is 2. The molecule has 0 aromatic heterocycles. The molecule has 0 unspecified atom stereocenters. The monoisotopic (exact) mass is 274 g/mol. The number of allylic oxidation sites excluding steroid dienone is 2. The molecule has 1 aliphatic carbocycles. The van der Waals surface area contributed by atoms with Crippen molar-refractivity contribution in [2.75, 3.05) is 13.2 Å². The minimum Gasteiger partial charge on any atom is -0.490 e. The van der Waals surface area contributed by atoms with Gasteiger partial charge in [-0.3, -0.25) is 0 Å². The molecule has 0 fully saturated rings. The molecule has 0 bridgehead atoms. The lowest BCUT2D eigenvalue weighted by Crippen LogP contribution is -1.99. The summed E-state index contributed by atoms with van der Waals surface area (Å²) in [6.45, 7) is 5.35. The van der Waals surface area contributed by atoms with E-state index < -0.39 is 0 Å². The van der Waals surface area contributed by atoms with Gasteiger partial charge in [0.25, 0.3) is 0 Å². The Labute approximate surface area is 122 Å². The Morgan fingerprint density at radius 2 is 1.65 bits per heavy atom. The zero-order chi connectivity index (χ0) is 14.2. The van der Waals surface area contributed by atoms with E-state index in [2.05, 4.69) is 18.2 Å². The molecule has 0 aliphatic heterocycles. The maximum Gasteiger partial charge on any atom is 0.161 e. The molecule has 0 N–H and O–H groups in total. The summed E-state index contributed by atoms with van der Waals surface area (Å²) in [6.07, 6.45) is 10.1. The van der Waals surface area contributed by atoms with Crippen LogP contribution >= 0.6 is 0 Å².